The number of anilines is 2. The van der Waals surface area contributed by atoms with Gasteiger partial charge in [-0.2, -0.15) is 0 Å². The highest BCUT2D eigenvalue weighted by atomic mass is 79.9. The number of ether oxygens (including phenoxy) is 2. The minimum atomic E-state index is -5.07. The lowest BCUT2D eigenvalue weighted by atomic mass is 9.74. The largest absolute Gasteiger partial charge is 0.504 e. The van der Waals surface area contributed by atoms with Crippen LogP contribution in [0.15, 0.2) is 22.9 Å². The lowest BCUT2D eigenvalue weighted by Gasteiger charge is -2.60. The molecule has 0 amide bonds. The Balaban J connectivity index is 1.85. The van der Waals surface area contributed by atoms with Crippen molar-refractivity contribution >= 4 is 38.3 Å². The highest BCUT2D eigenvalue weighted by Gasteiger charge is 2.89. The number of methoxy groups -OCH3 is 1. The molecule has 0 radical (unpaired) electrons. The van der Waals surface area contributed by atoms with E-state index in [4.69, 9.17) is 9.47 Å². The number of piperidine rings is 1. The molecule has 0 aliphatic carbocycles. The zero-order chi connectivity index (χ0) is 32.7. The van der Waals surface area contributed by atoms with Gasteiger partial charge in [0.15, 0.2) is 34.6 Å². The second-order valence-electron chi connectivity index (χ2n) is 9.15. The van der Waals surface area contributed by atoms with Gasteiger partial charge in [0.05, 0.1) is 12.6 Å². The molecule has 2 heterocycles. The van der Waals surface area contributed by atoms with Gasteiger partial charge in [-0.3, -0.25) is 0 Å². The van der Waals surface area contributed by atoms with Crippen LogP contribution in [0.3, 0.4) is 0 Å². The van der Waals surface area contributed by atoms with E-state index in [9.17, 15) is 75.9 Å². The Morgan fingerprint density at radius 3 is 1.95 bits per heavy atom. The predicted octanol–water partition coefficient (Wildman–Crippen LogP) is -4.61. The molecule has 22 heteroatoms. The third kappa shape index (κ3) is 4.36. The first-order chi connectivity index (χ1) is 19.5. The van der Waals surface area contributed by atoms with Gasteiger partial charge in [-0.15, -0.1) is 0 Å². The van der Waals surface area contributed by atoms with Crippen LogP contribution in [0.4, 0.5) is 15.9 Å². The van der Waals surface area contributed by atoms with Crippen molar-refractivity contribution in [2.24, 2.45) is 0 Å². The molecule has 20 nitrogen and oxygen atoms in total. The molecule has 236 valence electrons. The summed E-state index contributed by atoms with van der Waals surface area (Å²) in [7, 11) is 0.945. The van der Waals surface area contributed by atoms with E-state index >= 15 is 0 Å². The molecule has 3 aromatic rings. The second-order valence-corrected chi connectivity index (χ2v) is 9.94. The summed E-state index contributed by atoms with van der Waals surface area (Å²) < 4.78 is 23.9. The number of rotatable bonds is 6. The Bertz CT molecular complexity index is 1560. The maximum absolute atomic E-state index is 14.7. The summed E-state index contributed by atoms with van der Waals surface area (Å²) in [5.41, 5.74) is -6.22. The normalized spacial score (nSPS) is 20.0. The summed E-state index contributed by atoms with van der Waals surface area (Å²) >= 11 is 2.69. The second kappa shape index (κ2) is 9.76. The number of benzene rings is 2. The maximum Gasteiger partial charge on any atom is 0.364 e. The number of halogens is 2. The number of aromatic nitrogens is 2. The Morgan fingerprint density at radius 1 is 0.860 bits per heavy atom. The lowest BCUT2D eigenvalue weighted by molar-refractivity contribution is -0.596. The summed E-state index contributed by atoms with van der Waals surface area (Å²) in [6, 6.07) is 1.66. The molecule has 1 fully saturated rings. The molecule has 0 spiro atoms. The van der Waals surface area contributed by atoms with E-state index in [-0.39, 0.29) is 16.7 Å². The third-order valence-electron chi connectivity index (χ3n) is 6.52. The molecule has 4 rings (SSSR count). The molecule has 1 aliphatic heterocycles. The summed E-state index contributed by atoms with van der Waals surface area (Å²) in [6.45, 7) is 0. The molecule has 0 atom stereocenters. The first-order valence-electron chi connectivity index (χ1n) is 11.1. The van der Waals surface area contributed by atoms with Gasteiger partial charge in [-0.05, 0) is 22.0 Å². The highest BCUT2D eigenvalue weighted by Crippen LogP contribution is 2.51. The standard InChI is InChI=1S/C21H22BrFN4O16/c1-42-7-2-5-6(24-4-25-15(5)26-11-10(23)12(28)9(22)13(29)14(11)30)3-8(7)43-21(40,41)16(31)17(32,33)19(36,37)27-20(38,39)18(16,34)35/h2-4,27-41H,1H3,(H,24,25,26). The molecule has 0 bridgehead atoms. The molecular formula is C21H22BrFN4O16. The van der Waals surface area contributed by atoms with Crippen LogP contribution in [0, 0.1) is 5.82 Å². The van der Waals surface area contributed by atoms with Gasteiger partial charge < -0.3 is 86.3 Å². The van der Waals surface area contributed by atoms with Crippen LogP contribution < -0.4 is 20.1 Å². The van der Waals surface area contributed by atoms with Crippen molar-refractivity contribution in [1.82, 2.24) is 15.3 Å². The number of hydrogen-bond donors (Lipinski definition) is 16. The summed E-state index contributed by atoms with van der Waals surface area (Å²) in [6.07, 6.45) is 0.816. The van der Waals surface area contributed by atoms with E-state index in [0.717, 1.165) is 30.9 Å². The van der Waals surface area contributed by atoms with Crippen LogP contribution >= 0.6 is 15.9 Å². The van der Waals surface area contributed by atoms with Crippen LogP contribution in [-0.2, 0) is 0 Å². The minimum Gasteiger partial charge on any atom is -0.504 e. The van der Waals surface area contributed by atoms with Crippen LogP contribution in [-0.4, -0.2) is 124 Å². The van der Waals surface area contributed by atoms with Crippen molar-refractivity contribution in [3.63, 3.8) is 0 Å². The van der Waals surface area contributed by atoms with Gasteiger partial charge in [0.1, 0.15) is 22.3 Å². The average Bonchev–Trinajstić information content (AvgIpc) is 2.90. The number of aliphatic hydroxyl groups is 11. The Labute approximate surface area is 244 Å². The van der Waals surface area contributed by atoms with Gasteiger partial charge in [0.25, 0.3) is 29.0 Å². The molecule has 2 aromatic carbocycles. The number of phenolic OH excluding ortho intramolecular Hbond substituents is 3. The fraction of sp³-hybridized carbons (Fsp3) is 0.333. The first-order valence-corrected chi connectivity index (χ1v) is 11.9. The number of phenols is 3. The van der Waals surface area contributed by atoms with Gasteiger partial charge in [0, 0.05) is 11.5 Å². The SMILES string of the molecule is COc1cc2c(Nc3c(O)c(O)c(Br)c(O)c3F)ncnc2cc1OC(O)(O)C1(O)C(O)(O)C(O)(O)NC(O)(O)C1(O)O. The monoisotopic (exact) mass is 684 g/mol. The zero-order valence-electron chi connectivity index (χ0n) is 21.0. The van der Waals surface area contributed by atoms with Crippen molar-refractivity contribution in [2.45, 2.75) is 35.0 Å². The molecular weight excluding hydrogens is 663 g/mol. The summed E-state index contributed by atoms with van der Waals surface area (Å²) in [5, 5.41) is 145. The number of aromatic hydroxyl groups is 3. The molecule has 1 saturated heterocycles. The predicted molar refractivity (Wildman–Crippen MR) is 133 cm³/mol. The van der Waals surface area contributed by atoms with E-state index in [1.807, 2.05) is 0 Å². The average molecular weight is 685 g/mol. The highest BCUT2D eigenvalue weighted by molar-refractivity contribution is 9.10. The zero-order valence-corrected chi connectivity index (χ0v) is 22.5. The minimum absolute atomic E-state index is 0.152. The number of nitrogens with zero attached hydrogens (tertiary/aromatic N) is 2. The number of hydrogen-bond acceptors (Lipinski definition) is 20. The van der Waals surface area contributed by atoms with Crippen molar-refractivity contribution in [3.05, 3.63) is 28.7 Å². The Morgan fingerprint density at radius 2 is 1.42 bits per heavy atom. The quantitative estimate of drug-likeness (QED) is 0.0659. The van der Waals surface area contributed by atoms with Crippen molar-refractivity contribution in [1.29, 1.82) is 0 Å². The van der Waals surface area contributed by atoms with Crippen molar-refractivity contribution in [2.75, 3.05) is 12.4 Å². The number of fused-ring (bicyclic) bond motifs is 1. The fourth-order valence-corrected chi connectivity index (χ4v) is 4.50. The van der Waals surface area contributed by atoms with Gasteiger partial charge in [-0.1, -0.05) is 0 Å². The summed E-state index contributed by atoms with van der Waals surface area (Å²) in [5.74, 6) is -30.1. The Kier molecular flexibility index (Phi) is 7.36. The van der Waals surface area contributed by atoms with Gasteiger partial charge in [-0.25, -0.2) is 19.7 Å². The third-order valence-corrected chi connectivity index (χ3v) is 7.27. The number of nitrogens with one attached hydrogen (secondary N) is 2. The van der Waals surface area contributed by atoms with Gasteiger partial charge in [0.2, 0.25) is 0 Å². The van der Waals surface area contributed by atoms with E-state index < -0.39 is 79.7 Å². The smallest absolute Gasteiger partial charge is 0.364 e. The molecule has 1 aliphatic rings. The van der Waals surface area contributed by atoms with Crippen molar-refractivity contribution in [3.8, 4) is 28.7 Å². The molecule has 0 saturated carbocycles. The van der Waals surface area contributed by atoms with Crippen molar-refractivity contribution < 1.29 is 85.4 Å². The van der Waals surface area contributed by atoms with Crippen LogP contribution in [0.2, 0.25) is 0 Å². The van der Waals surface area contributed by atoms with E-state index in [0.29, 0.717) is 0 Å². The fourth-order valence-electron chi connectivity index (χ4n) is 4.13. The van der Waals surface area contributed by atoms with E-state index in [1.54, 1.807) is 0 Å². The lowest BCUT2D eigenvalue weighted by Crippen LogP contribution is -2.97. The molecule has 0 unspecified atom stereocenters. The van der Waals surface area contributed by atoms with E-state index in [1.165, 1.54) is 0 Å². The van der Waals surface area contributed by atoms with Gasteiger partial charge >= 0.3 is 5.97 Å². The summed E-state index contributed by atoms with van der Waals surface area (Å²) in [4.78, 5) is 7.67. The van der Waals surface area contributed by atoms with Crippen LogP contribution in [0.25, 0.3) is 10.9 Å². The van der Waals surface area contributed by atoms with E-state index in [2.05, 4.69) is 31.2 Å². The Hall–Kier alpha value is -3.49. The van der Waals surface area contributed by atoms with Crippen LogP contribution in [0.1, 0.15) is 0 Å². The van der Waals surface area contributed by atoms with Crippen LogP contribution in [0.5, 0.6) is 28.7 Å². The molecule has 43 heavy (non-hydrogen) atoms. The topological polar surface area (TPSA) is 352 Å². The first kappa shape index (κ1) is 32.4. The maximum atomic E-state index is 14.7. The molecule has 1 aromatic heterocycles. The molecule has 16 N–H and O–H groups in total.